The number of alkyl halides is 1. The van der Waals surface area contributed by atoms with Crippen molar-refractivity contribution in [2.24, 2.45) is 0 Å². The molecule has 0 radical (unpaired) electrons. The van der Waals surface area contributed by atoms with Crippen LogP contribution in [-0.2, 0) is 6.54 Å². The minimum atomic E-state index is -0.165. The Hall–Kier alpha value is -1.74. The molecule has 2 rings (SSSR count). The van der Waals surface area contributed by atoms with Crippen molar-refractivity contribution in [3.63, 3.8) is 0 Å². The summed E-state index contributed by atoms with van der Waals surface area (Å²) < 4.78 is 7.37. The van der Waals surface area contributed by atoms with Crippen molar-refractivity contribution in [1.29, 1.82) is 5.41 Å². The Balaban J connectivity index is 1.88. The van der Waals surface area contributed by atoms with Gasteiger partial charge in [0, 0.05) is 12.7 Å². The maximum Gasteiger partial charge on any atom is 0.124 e. The number of hydrogen-bond donors (Lipinski definition) is 1. The van der Waals surface area contributed by atoms with Crippen LogP contribution < -0.4 is 10.2 Å². The summed E-state index contributed by atoms with van der Waals surface area (Å²) in [7, 11) is 0. The van der Waals surface area contributed by atoms with E-state index in [1.165, 1.54) is 0 Å². The highest BCUT2D eigenvalue weighted by Gasteiger charge is 2.06. The molecule has 0 bridgehead atoms. The molecule has 18 heavy (non-hydrogen) atoms. The molecule has 1 aromatic carbocycles. The van der Waals surface area contributed by atoms with E-state index in [1.54, 1.807) is 10.6 Å². The number of nitrogens with zero attached hydrogens (tertiary/aromatic N) is 1. The van der Waals surface area contributed by atoms with Gasteiger partial charge in [-0.1, -0.05) is 24.3 Å². The number of benzene rings is 1. The molecule has 94 valence electrons. The first-order valence-corrected chi connectivity index (χ1v) is 6.21. The number of para-hydroxylation sites is 1. The zero-order valence-electron chi connectivity index (χ0n) is 9.92. The lowest BCUT2D eigenvalue weighted by atomic mass is 10.3. The first kappa shape index (κ1) is 12.7. The quantitative estimate of drug-likeness (QED) is 0.827. The van der Waals surface area contributed by atoms with Crippen LogP contribution in [0.5, 0.6) is 5.75 Å². The summed E-state index contributed by atoms with van der Waals surface area (Å²) in [5.74, 6) is 0.812. The molecule has 0 saturated carbocycles. The topological polar surface area (TPSA) is 38.0 Å². The maximum absolute atomic E-state index is 7.72. The van der Waals surface area contributed by atoms with E-state index in [2.05, 4.69) is 0 Å². The van der Waals surface area contributed by atoms with Gasteiger partial charge in [0.2, 0.25) is 0 Å². The first-order chi connectivity index (χ1) is 8.75. The van der Waals surface area contributed by atoms with Gasteiger partial charge in [-0.25, -0.2) is 0 Å². The average Bonchev–Trinajstić information content (AvgIpc) is 2.40. The van der Waals surface area contributed by atoms with Gasteiger partial charge >= 0.3 is 0 Å². The molecule has 0 aliphatic carbocycles. The van der Waals surface area contributed by atoms with Crippen LogP contribution in [0.4, 0.5) is 0 Å². The summed E-state index contributed by atoms with van der Waals surface area (Å²) in [6.45, 7) is 0.987. The molecule has 1 heterocycles. The predicted octanol–water partition coefficient (Wildman–Crippen LogP) is 2.65. The van der Waals surface area contributed by atoms with Gasteiger partial charge in [0.05, 0.1) is 5.38 Å². The Bertz CT molecular complexity index is 539. The van der Waals surface area contributed by atoms with Crippen molar-refractivity contribution in [1.82, 2.24) is 4.57 Å². The number of halogens is 1. The predicted molar refractivity (Wildman–Crippen MR) is 71.9 cm³/mol. The van der Waals surface area contributed by atoms with E-state index >= 15 is 0 Å². The van der Waals surface area contributed by atoms with Gasteiger partial charge < -0.3 is 9.30 Å². The smallest absolute Gasteiger partial charge is 0.124 e. The van der Waals surface area contributed by atoms with Crippen molar-refractivity contribution in [2.75, 3.05) is 6.61 Å². The third-order valence-electron chi connectivity index (χ3n) is 2.51. The van der Waals surface area contributed by atoms with Crippen LogP contribution in [0, 0.1) is 5.41 Å². The lowest BCUT2D eigenvalue weighted by molar-refractivity contribution is 0.304. The molecular formula is C14H15ClN2O. The number of pyridine rings is 1. The largest absolute Gasteiger partial charge is 0.492 e. The van der Waals surface area contributed by atoms with Gasteiger partial charge in [0.1, 0.15) is 17.8 Å². The maximum atomic E-state index is 7.72. The van der Waals surface area contributed by atoms with Crippen LogP contribution >= 0.6 is 11.6 Å². The summed E-state index contributed by atoms with van der Waals surface area (Å²) in [4.78, 5) is 0. The summed E-state index contributed by atoms with van der Waals surface area (Å²) in [5.41, 5.74) is 0.447. The molecule has 0 aliphatic rings. The highest BCUT2D eigenvalue weighted by atomic mass is 35.5. The minimum Gasteiger partial charge on any atom is -0.492 e. The second-order valence-electron chi connectivity index (χ2n) is 3.96. The molecule has 0 fully saturated rings. The SMILES string of the molecule is N=c1ccccn1C[C@@H](Cl)COc1ccccc1. The molecule has 3 nitrogen and oxygen atoms in total. The van der Waals surface area contributed by atoms with Crippen molar-refractivity contribution >= 4 is 11.6 Å². The standard InChI is InChI=1S/C14H15ClN2O/c15-12(10-17-9-5-4-8-14(17)16)11-18-13-6-2-1-3-7-13/h1-9,12,16H,10-11H2/t12-/m1/s1. The normalized spacial score (nSPS) is 12.1. The van der Waals surface area contributed by atoms with Crippen molar-refractivity contribution < 1.29 is 4.74 Å². The monoisotopic (exact) mass is 262 g/mol. The second-order valence-corrected chi connectivity index (χ2v) is 4.58. The Morgan fingerprint density at radius 3 is 2.56 bits per heavy atom. The van der Waals surface area contributed by atoms with Crippen LogP contribution in [-0.4, -0.2) is 16.6 Å². The molecule has 0 unspecified atom stereocenters. The van der Waals surface area contributed by atoms with Crippen molar-refractivity contribution in [2.45, 2.75) is 11.9 Å². The zero-order chi connectivity index (χ0) is 12.8. The Morgan fingerprint density at radius 2 is 1.83 bits per heavy atom. The van der Waals surface area contributed by atoms with Crippen molar-refractivity contribution in [3.05, 3.63) is 60.2 Å². The molecule has 0 aliphatic heterocycles. The van der Waals surface area contributed by atoms with Gasteiger partial charge in [-0.3, -0.25) is 5.41 Å². The van der Waals surface area contributed by atoms with Crippen LogP contribution in [0.3, 0.4) is 0 Å². The van der Waals surface area contributed by atoms with E-state index in [9.17, 15) is 0 Å². The lowest BCUT2D eigenvalue weighted by Crippen LogP contribution is -2.26. The fraction of sp³-hybridized carbons (Fsp3) is 0.214. The summed E-state index contributed by atoms with van der Waals surface area (Å²) in [6, 6.07) is 15.0. The second kappa shape index (κ2) is 6.26. The van der Waals surface area contributed by atoms with Gasteiger partial charge in [-0.05, 0) is 24.3 Å². The zero-order valence-corrected chi connectivity index (χ0v) is 10.7. The Labute approximate surface area is 111 Å². The number of nitrogens with one attached hydrogen (secondary N) is 1. The van der Waals surface area contributed by atoms with E-state index in [4.69, 9.17) is 21.7 Å². The first-order valence-electron chi connectivity index (χ1n) is 5.77. The summed E-state index contributed by atoms with van der Waals surface area (Å²) in [6.07, 6.45) is 1.85. The molecule has 1 N–H and O–H groups in total. The van der Waals surface area contributed by atoms with Gasteiger partial charge in [-0.15, -0.1) is 11.6 Å². The average molecular weight is 263 g/mol. The van der Waals surface area contributed by atoms with E-state index in [0.717, 1.165) is 5.75 Å². The molecule has 0 saturated heterocycles. The molecule has 1 atom stereocenters. The molecule has 0 spiro atoms. The number of rotatable bonds is 5. The summed E-state index contributed by atoms with van der Waals surface area (Å²) >= 11 is 6.21. The highest BCUT2D eigenvalue weighted by molar-refractivity contribution is 6.20. The number of ether oxygens (including phenoxy) is 1. The highest BCUT2D eigenvalue weighted by Crippen LogP contribution is 2.10. The van der Waals surface area contributed by atoms with E-state index < -0.39 is 0 Å². The van der Waals surface area contributed by atoms with E-state index in [-0.39, 0.29) is 5.38 Å². The molecular weight excluding hydrogens is 248 g/mol. The number of hydrogen-bond acceptors (Lipinski definition) is 2. The molecule has 2 aromatic rings. The van der Waals surface area contributed by atoms with Crippen LogP contribution in [0.15, 0.2) is 54.7 Å². The third-order valence-corrected chi connectivity index (χ3v) is 2.77. The fourth-order valence-electron chi connectivity index (χ4n) is 1.61. The number of aromatic nitrogens is 1. The van der Waals surface area contributed by atoms with E-state index in [0.29, 0.717) is 18.6 Å². The van der Waals surface area contributed by atoms with Gasteiger partial charge in [0.15, 0.2) is 0 Å². The Kier molecular flexibility index (Phi) is 4.42. The van der Waals surface area contributed by atoms with Gasteiger partial charge in [-0.2, -0.15) is 0 Å². The van der Waals surface area contributed by atoms with Gasteiger partial charge in [0.25, 0.3) is 0 Å². The lowest BCUT2D eigenvalue weighted by Gasteiger charge is -2.13. The third kappa shape index (κ3) is 3.64. The Morgan fingerprint density at radius 1 is 1.11 bits per heavy atom. The molecule has 0 amide bonds. The minimum absolute atomic E-state index is 0.165. The molecule has 1 aromatic heterocycles. The fourth-order valence-corrected chi connectivity index (χ4v) is 1.82. The molecule has 4 heteroatoms. The van der Waals surface area contributed by atoms with Crippen LogP contribution in [0.2, 0.25) is 0 Å². The van der Waals surface area contributed by atoms with E-state index in [1.807, 2.05) is 48.7 Å². The van der Waals surface area contributed by atoms with Crippen LogP contribution in [0.25, 0.3) is 0 Å². The van der Waals surface area contributed by atoms with Crippen LogP contribution in [0.1, 0.15) is 0 Å². The van der Waals surface area contributed by atoms with Crippen molar-refractivity contribution in [3.8, 4) is 5.75 Å². The summed E-state index contributed by atoms with van der Waals surface area (Å²) in [5, 5.41) is 7.56.